The normalized spacial score (nSPS) is 38.5. The largest absolute Gasteiger partial charge is 0.481 e. The van der Waals surface area contributed by atoms with E-state index < -0.39 is 108 Å². The van der Waals surface area contributed by atoms with E-state index in [2.05, 4.69) is 0 Å². The Kier molecular flexibility index (Phi) is 18.9. The maximum absolute atomic E-state index is 14.4. The van der Waals surface area contributed by atoms with Crippen molar-refractivity contribution in [3.63, 3.8) is 0 Å². The molecule has 3 fully saturated rings. The summed E-state index contributed by atoms with van der Waals surface area (Å²) >= 11 is 0. The third-order valence-corrected chi connectivity index (χ3v) is 13.4. The standard InChI is InChI=1S/C46H71NO15/c1-10-31-18-25(2)17-26(3)19-37(58-8)42-38(59-9)21-28(5)46(56,62-42)43(53)44(54)47-16-12-11-13-32(47)45(55)61-41(29(6)33(48)23-34(31)49)27(4)20-30-14-15-35(36(22-30)57-7)60-40(52)24-39(50)51/h18,20,26,28-33,35-38,41-42,48,56H,10-17,19,21-24H2,1-9H3,(H,50,51)/b25-18+,27-20+/t26-,28+,29+,30-,31+,32-,33-,35+,36+,37-,38-,41+,42+,46+/m0/s1. The molecule has 14 atom stereocenters. The average Bonchev–Trinajstić information content (AvgIpc) is 3.23. The van der Waals surface area contributed by atoms with Crippen LogP contribution in [0.1, 0.15) is 119 Å². The summed E-state index contributed by atoms with van der Waals surface area (Å²) in [6.07, 6.45) is 1.49. The lowest BCUT2D eigenvalue weighted by Crippen LogP contribution is -2.64. The van der Waals surface area contributed by atoms with Crippen molar-refractivity contribution in [2.45, 2.75) is 173 Å². The number of ketones is 2. The highest BCUT2D eigenvalue weighted by Crippen LogP contribution is 2.39. The topological polar surface area (TPSA) is 222 Å². The molecule has 0 aromatic carbocycles. The molecule has 16 nitrogen and oxygen atoms in total. The molecule has 0 aromatic heterocycles. The number of aliphatic carboxylic acids is 1. The van der Waals surface area contributed by atoms with Gasteiger partial charge in [0.05, 0.1) is 24.4 Å². The van der Waals surface area contributed by atoms with Crippen LogP contribution in [0.3, 0.4) is 0 Å². The van der Waals surface area contributed by atoms with Crippen molar-refractivity contribution in [2.24, 2.45) is 29.6 Å². The Bertz CT molecular complexity index is 1660. The van der Waals surface area contributed by atoms with E-state index >= 15 is 0 Å². The highest BCUT2D eigenvalue weighted by molar-refractivity contribution is 6.39. The molecular weight excluding hydrogens is 806 g/mol. The van der Waals surface area contributed by atoms with E-state index in [0.717, 1.165) is 10.5 Å². The molecular formula is C46H71NO15. The fraction of sp³-hybridized carbons (Fsp3) is 0.783. The number of amides is 1. The molecule has 350 valence electrons. The fourth-order valence-electron chi connectivity index (χ4n) is 9.84. The van der Waals surface area contributed by atoms with Crippen LogP contribution in [-0.4, -0.2) is 138 Å². The highest BCUT2D eigenvalue weighted by atomic mass is 16.7. The van der Waals surface area contributed by atoms with Gasteiger partial charge in [-0.15, -0.1) is 0 Å². The maximum atomic E-state index is 14.4. The van der Waals surface area contributed by atoms with Crippen LogP contribution >= 0.6 is 0 Å². The van der Waals surface area contributed by atoms with Gasteiger partial charge in [-0.2, -0.15) is 0 Å². The molecule has 4 rings (SSSR count). The number of carboxylic acid groups (broad SMARTS) is 1. The van der Waals surface area contributed by atoms with Crippen molar-refractivity contribution < 1.29 is 72.5 Å². The summed E-state index contributed by atoms with van der Waals surface area (Å²) in [5, 5.41) is 32.8. The highest BCUT2D eigenvalue weighted by Gasteiger charge is 2.56. The molecule has 1 amide bonds. The molecule has 1 aliphatic carbocycles. The minimum atomic E-state index is -2.54. The van der Waals surface area contributed by atoms with Gasteiger partial charge in [-0.05, 0) is 95.5 Å². The van der Waals surface area contributed by atoms with Gasteiger partial charge in [0.1, 0.15) is 36.6 Å². The van der Waals surface area contributed by atoms with Crippen LogP contribution in [0.25, 0.3) is 0 Å². The summed E-state index contributed by atoms with van der Waals surface area (Å²) < 4.78 is 35.3. The molecule has 0 spiro atoms. The van der Waals surface area contributed by atoms with Gasteiger partial charge in [0.2, 0.25) is 5.79 Å². The molecule has 0 unspecified atom stereocenters. The zero-order chi connectivity index (χ0) is 46.1. The number of allylic oxidation sites excluding steroid dienone is 3. The van der Waals surface area contributed by atoms with Gasteiger partial charge in [0, 0.05) is 52.0 Å². The van der Waals surface area contributed by atoms with Crippen LogP contribution in [0.4, 0.5) is 0 Å². The summed E-state index contributed by atoms with van der Waals surface area (Å²) in [5.41, 5.74) is 1.53. The summed E-state index contributed by atoms with van der Waals surface area (Å²) in [5.74, 6) is -10.2. The minimum Gasteiger partial charge on any atom is -0.481 e. The van der Waals surface area contributed by atoms with Crippen molar-refractivity contribution in [2.75, 3.05) is 27.9 Å². The molecule has 2 saturated heterocycles. The zero-order valence-electron chi connectivity index (χ0n) is 38.0. The molecule has 2 bridgehead atoms. The Morgan fingerprint density at radius 1 is 0.919 bits per heavy atom. The van der Waals surface area contributed by atoms with Crippen LogP contribution in [-0.2, 0) is 57.2 Å². The Balaban J connectivity index is 1.73. The van der Waals surface area contributed by atoms with Crippen LogP contribution in [0, 0.1) is 29.6 Å². The van der Waals surface area contributed by atoms with E-state index in [-0.39, 0.29) is 43.4 Å². The van der Waals surface area contributed by atoms with E-state index in [1.165, 1.54) is 21.3 Å². The molecule has 3 heterocycles. The number of methoxy groups -OCH3 is 3. The number of aliphatic hydroxyl groups excluding tert-OH is 1. The Hall–Kier alpha value is -3.54. The SMILES string of the molecule is CC[C@@H]1/C=C(\C)C[C@H](C)C[C@H](OC)[C@H]2O[C@@](O)(C(=O)C(=O)N3CCCC[C@H]3C(=O)O[C@H](/C(C)=C/[C@@H]3CC[C@@H](OC(=O)CC(=O)O)[C@H](OC)C3)[C@H](C)[C@@H](O)CC1=O)[C@H](C)C[C@@H]2OC. The molecule has 3 aliphatic heterocycles. The lowest BCUT2D eigenvalue weighted by atomic mass is 9.81. The quantitative estimate of drug-likeness (QED) is 0.126. The summed E-state index contributed by atoms with van der Waals surface area (Å²) in [4.78, 5) is 81.2. The number of rotatable bonds is 9. The average molecular weight is 878 g/mol. The van der Waals surface area contributed by atoms with Gasteiger partial charge in [0.25, 0.3) is 11.7 Å². The number of piperidine rings is 1. The number of hydrogen-bond acceptors (Lipinski definition) is 14. The van der Waals surface area contributed by atoms with E-state index in [9.17, 15) is 39.0 Å². The number of aliphatic hydroxyl groups is 2. The van der Waals surface area contributed by atoms with Crippen LogP contribution in [0.5, 0.6) is 0 Å². The summed E-state index contributed by atoms with van der Waals surface area (Å²) in [7, 11) is 4.50. The van der Waals surface area contributed by atoms with Gasteiger partial charge < -0.3 is 48.6 Å². The number of ether oxygens (including phenoxy) is 6. The smallest absolute Gasteiger partial charge is 0.329 e. The number of Topliss-reactive ketones (excluding diaryl/α,β-unsaturated/α-hetero) is 2. The number of nitrogens with zero attached hydrogens (tertiary/aromatic N) is 1. The second-order valence-electron chi connectivity index (χ2n) is 18.2. The monoisotopic (exact) mass is 877 g/mol. The first kappa shape index (κ1) is 51.1. The van der Waals surface area contributed by atoms with Gasteiger partial charge in [-0.25, -0.2) is 4.79 Å². The van der Waals surface area contributed by atoms with E-state index in [1.807, 2.05) is 32.9 Å². The van der Waals surface area contributed by atoms with Gasteiger partial charge in [-0.1, -0.05) is 45.4 Å². The first-order valence-electron chi connectivity index (χ1n) is 22.3. The third-order valence-electron chi connectivity index (χ3n) is 13.4. The third kappa shape index (κ3) is 12.6. The number of esters is 2. The van der Waals surface area contributed by atoms with E-state index in [1.54, 1.807) is 20.8 Å². The molecule has 0 radical (unpaired) electrons. The molecule has 16 heteroatoms. The number of hydrogen-bond donors (Lipinski definition) is 3. The van der Waals surface area contributed by atoms with E-state index in [4.69, 9.17) is 33.5 Å². The molecule has 62 heavy (non-hydrogen) atoms. The maximum Gasteiger partial charge on any atom is 0.329 e. The number of carboxylic acids is 1. The van der Waals surface area contributed by atoms with Crippen molar-refractivity contribution in [3.05, 3.63) is 23.3 Å². The molecule has 3 N–H and O–H groups in total. The van der Waals surface area contributed by atoms with Crippen molar-refractivity contribution in [1.29, 1.82) is 0 Å². The van der Waals surface area contributed by atoms with Crippen LogP contribution in [0.15, 0.2) is 23.3 Å². The van der Waals surface area contributed by atoms with Crippen molar-refractivity contribution in [3.8, 4) is 0 Å². The van der Waals surface area contributed by atoms with Crippen molar-refractivity contribution >= 4 is 35.4 Å². The molecule has 1 saturated carbocycles. The second kappa shape index (κ2) is 22.9. The lowest BCUT2D eigenvalue weighted by Gasteiger charge is -2.47. The van der Waals surface area contributed by atoms with Gasteiger partial charge >= 0.3 is 17.9 Å². The lowest BCUT2D eigenvalue weighted by molar-refractivity contribution is -0.302. The molecule has 4 aliphatic rings. The van der Waals surface area contributed by atoms with Gasteiger partial charge in [-0.3, -0.25) is 24.0 Å². The first-order valence-corrected chi connectivity index (χ1v) is 22.3. The number of carbonyl (C=O) groups is 6. The predicted octanol–water partition coefficient (Wildman–Crippen LogP) is 4.50. The fourth-order valence-corrected chi connectivity index (χ4v) is 9.84. The number of cyclic esters (lactones) is 1. The minimum absolute atomic E-state index is 0.00312. The first-order chi connectivity index (χ1) is 29.3. The van der Waals surface area contributed by atoms with Crippen LogP contribution < -0.4 is 0 Å². The Morgan fingerprint density at radius 3 is 2.21 bits per heavy atom. The molecule has 0 aromatic rings. The summed E-state index contributed by atoms with van der Waals surface area (Å²) in [6, 6.07) is -1.19. The number of carbonyl (C=O) groups excluding carboxylic acids is 5. The Labute approximate surface area is 366 Å². The Morgan fingerprint density at radius 2 is 1.58 bits per heavy atom. The van der Waals surface area contributed by atoms with E-state index in [0.29, 0.717) is 56.9 Å². The summed E-state index contributed by atoms with van der Waals surface area (Å²) in [6.45, 7) is 11.0. The number of fused-ring (bicyclic) bond motifs is 3. The van der Waals surface area contributed by atoms with Crippen LogP contribution in [0.2, 0.25) is 0 Å². The zero-order valence-corrected chi connectivity index (χ0v) is 38.0. The predicted molar refractivity (Wildman–Crippen MR) is 224 cm³/mol. The second-order valence-corrected chi connectivity index (χ2v) is 18.2. The van der Waals surface area contributed by atoms with Crippen molar-refractivity contribution in [1.82, 2.24) is 4.90 Å². The van der Waals surface area contributed by atoms with Gasteiger partial charge in [0.15, 0.2) is 0 Å².